The summed E-state index contributed by atoms with van der Waals surface area (Å²) in [7, 11) is 0. The Balaban J connectivity index is 1.69. The first-order chi connectivity index (χ1) is 10.7. The number of rotatable bonds is 8. The van der Waals surface area contributed by atoms with Gasteiger partial charge in [-0.2, -0.15) is 0 Å². The summed E-state index contributed by atoms with van der Waals surface area (Å²) < 4.78 is 0. The van der Waals surface area contributed by atoms with Crippen LogP contribution in [0.5, 0.6) is 0 Å². The van der Waals surface area contributed by atoms with Crippen LogP contribution in [0.4, 0.5) is 5.69 Å². The molecule has 1 amide bonds. The summed E-state index contributed by atoms with van der Waals surface area (Å²) in [6.45, 7) is 1.95. The zero-order valence-electron chi connectivity index (χ0n) is 13.0. The van der Waals surface area contributed by atoms with Crippen LogP contribution >= 0.6 is 11.3 Å². The van der Waals surface area contributed by atoms with E-state index in [-0.39, 0.29) is 12.5 Å². The Kier molecular flexibility index (Phi) is 6.62. The summed E-state index contributed by atoms with van der Waals surface area (Å²) in [6, 6.07) is 9.87. The van der Waals surface area contributed by atoms with Crippen LogP contribution < -0.4 is 5.32 Å². The van der Waals surface area contributed by atoms with Crippen molar-refractivity contribution in [3.05, 3.63) is 51.7 Å². The van der Waals surface area contributed by atoms with Crippen molar-refractivity contribution in [1.82, 2.24) is 0 Å². The van der Waals surface area contributed by atoms with Gasteiger partial charge in [-0.15, -0.1) is 11.3 Å². The maximum Gasteiger partial charge on any atom is 0.224 e. The molecule has 22 heavy (non-hydrogen) atoms. The van der Waals surface area contributed by atoms with Crippen molar-refractivity contribution in [2.45, 2.75) is 45.6 Å². The molecule has 1 heterocycles. The normalized spacial score (nSPS) is 10.6. The van der Waals surface area contributed by atoms with E-state index in [1.807, 2.05) is 25.1 Å². The highest BCUT2D eigenvalue weighted by Crippen LogP contribution is 2.18. The Morgan fingerprint density at radius 3 is 2.82 bits per heavy atom. The van der Waals surface area contributed by atoms with Gasteiger partial charge in [0.2, 0.25) is 5.91 Å². The largest absolute Gasteiger partial charge is 0.392 e. The molecular formula is C18H23NO2S. The lowest BCUT2D eigenvalue weighted by Crippen LogP contribution is -2.12. The van der Waals surface area contributed by atoms with Gasteiger partial charge < -0.3 is 10.4 Å². The second-order valence-electron chi connectivity index (χ2n) is 5.50. The number of benzene rings is 1. The van der Waals surface area contributed by atoms with Gasteiger partial charge in [0.1, 0.15) is 0 Å². The van der Waals surface area contributed by atoms with Crippen molar-refractivity contribution in [1.29, 1.82) is 0 Å². The smallest absolute Gasteiger partial charge is 0.224 e. The molecule has 1 aromatic carbocycles. The number of nitrogens with one attached hydrogen (secondary N) is 1. The lowest BCUT2D eigenvalue weighted by Gasteiger charge is -2.10. The van der Waals surface area contributed by atoms with Crippen LogP contribution in [0.3, 0.4) is 0 Å². The zero-order valence-corrected chi connectivity index (χ0v) is 13.8. The Hall–Kier alpha value is -1.65. The number of aliphatic hydroxyl groups excluding tert-OH is 1. The van der Waals surface area contributed by atoms with Crippen LogP contribution in [0.15, 0.2) is 35.7 Å². The molecule has 0 unspecified atom stereocenters. The van der Waals surface area contributed by atoms with Crippen molar-refractivity contribution in [3.63, 3.8) is 0 Å². The molecular weight excluding hydrogens is 294 g/mol. The minimum atomic E-state index is -0.00806. The van der Waals surface area contributed by atoms with Crippen LogP contribution in [0.2, 0.25) is 0 Å². The van der Waals surface area contributed by atoms with E-state index in [2.05, 4.69) is 22.8 Å². The Labute approximate surface area is 136 Å². The summed E-state index contributed by atoms with van der Waals surface area (Å²) in [5, 5.41) is 14.2. The van der Waals surface area contributed by atoms with Gasteiger partial charge in [0.05, 0.1) is 6.61 Å². The molecule has 0 aliphatic rings. The summed E-state index contributed by atoms with van der Waals surface area (Å²) in [4.78, 5) is 13.4. The van der Waals surface area contributed by atoms with Crippen molar-refractivity contribution in [2.75, 3.05) is 5.32 Å². The third-order valence-electron chi connectivity index (χ3n) is 3.67. The predicted octanol–water partition coefficient (Wildman–Crippen LogP) is 4.29. The number of amides is 1. The maximum absolute atomic E-state index is 12.0. The average Bonchev–Trinajstić information content (AvgIpc) is 3.02. The van der Waals surface area contributed by atoms with Crippen molar-refractivity contribution >= 4 is 22.9 Å². The first-order valence-corrected chi connectivity index (χ1v) is 8.59. The van der Waals surface area contributed by atoms with E-state index in [1.165, 1.54) is 4.88 Å². The minimum Gasteiger partial charge on any atom is -0.392 e. The lowest BCUT2D eigenvalue weighted by atomic mass is 10.1. The van der Waals surface area contributed by atoms with E-state index >= 15 is 0 Å². The molecule has 0 atom stereocenters. The number of carbonyl (C=O) groups excluding carboxylic acids is 1. The van der Waals surface area contributed by atoms with Gasteiger partial charge in [-0.3, -0.25) is 4.79 Å². The highest BCUT2D eigenvalue weighted by atomic mass is 32.1. The molecule has 2 N–H and O–H groups in total. The molecule has 0 bridgehead atoms. The quantitative estimate of drug-likeness (QED) is 0.714. The monoisotopic (exact) mass is 317 g/mol. The number of aryl methyl sites for hydroxylation is 2. The zero-order chi connectivity index (χ0) is 15.8. The van der Waals surface area contributed by atoms with Crippen LogP contribution in [0.25, 0.3) is 0 Å². The predicted molar refractivity (Wildman–Crippen MR) is 92.2 cm³/mol. The van der Waals surface area contributed by atoms with Gasteiger partial charge in [0, 0.05) is 17.0 Å². The number of thiophene rings is 1. The summed E-state index contributed by atoms with van der Waals surface area (Å²) >= 11 is 1.79. The highest BCUT2D eigenvalue weighted by molar-refractivity contribution is 7.09. The molecule has 0 saturated carbocycles. The van der Waals surface area contributed by atoms with Crippen LogP contribution in [-0.4, -0.2) is 11.0 Å². The molecule has 4 heteroatoms. The van der Waals surface area contributed by atoms with E-state index in [0.717, 1.165) is 42.5 Å². The Bertz CT molecular complexity index is 593. The molecule has 2 aromatic rings. The second kappa shape index (κ2) is 8.71. The fourth-order valence-corrected chi connectivity index (χ4v) is 3.08. The third-order valence-corrected chi connectivity index (χ3v) is 4.60. The summed E-state index contributed by atoms with van der Waals surface area (Å²) in [6.07, 6.45) is 4.77. The number of unbranched alkanes of at least 4 members (excludes halogenated alkanes) is 2. The Morgan fingerprint density at radius 1 is 1.23 bits per heavy atom. The fraction of sp³-hybridized carbons (Fsp3) is 0.389. The van der Waals surface area contributed by atoms with Crippen molar-refractivity contribution in [2.24, 2.45) is 0 Å². The molecule has 2 rings (SSSR count). The van der Waals surface area contributed by atoms with E-state index < -0.39 is 0 Å². The molecule has 0 spiro atoms. The number of anilines is 1. The van der Waals surface area contributed by atoms with Gasteiger partial charge in [0.25, 0.3) is 0 Å². The average molecular weight is 317 g/mol. The number of hydrogen-bond donors (Lipinski definition) is 2. The van der Waals surface area contributed by atoms with Crippen LogP contribution in [0.1, 0.15) is 41.7 Å². The van der Waals surface area contributed by atoms with Gasteiger partial charge in [-0.1, -0.05) is 24.6 Å². The van der Waals surface area contributed by atoms with Crippen molar-refractivity contribution in [3.8, 4) is 0 Å². The number of carbonyl (C=O) groups is 1. The lowest BCUT2D eigenvalue weighted by molar-refractivity contribution is -0.116. The van der Waals surface area contributed by atoms with Gasteiger partial charge >= 0.3 is 0 Å². The number of hydrogen-bond acceptors (Lipinski definition) is 3. The standard InChI is InChI=1S/C18H23NO2S/c1-14-9-10-15(13-20)12-17(14)19-18(21)8-4-2-3-6-16-7-5-11-22-16/h5,7,9-12,20H,2-4,6,8,13H2,1H3,(H,19,21). The highest BCUT2D eigenvalue weighted by Gasteiger charge is 2.06. The van der Waals surface area contributed by atoms with Gasteiger partial charge in [-0.25, -0.2) is 0 Å². The third kappa shape index (κ3) is 5.28. The first-order valence-electron chi connectivity index (χ1n) is 7.71. The molecule has 0 saturated heterocycles. The van der Waals surface area contributed by atoms with E-state index in [1.54, 1.807) is 11.3 Å². The topological polar surface area (TPSA) is 49.3 Å². The van der Waals surface area contributed by atoms with E-state index in [9.17, 15) is 4.79 Å². The molecule has 0 fully saturated rings. The van der Waals surface area contributed by atoms with Gasteiger partial charge in [-0.05, 0) is 54.8 Å². The molecule has 0 aliphatic carbocycles. The molecule has 0 radical (unpaired) electrons. The van der Waals surface area contributed by atoms with Crippen LogP contribution in [-0.2, 0) is 17.8 Å². The molecule has 118 valence electrons. The van der Waals surface area contributed by atoms with Crippen LogP contribution in [0, 0.1) is 6.92 Å². The van der Waals surface area contributed by atoms with Crippen molar-refractivity contribution < 1.29 is 9.90 Å². The summed E-state index contributed by atoms with van der Waals surface area (Å²) in [5.74, 6) is 0.0503. The van der Waals surface area contributed by atoms with E-state index in [4.69, 9.17) is 5.11 Å². The Morgan fingerprint density at radius 2 is 2.09 bits per heavy atom. The second-order valence-corrected chi connectivity index (χ2v) is 6.53. The van der Waals surface area contributed by atoms with E-state index in [0.29, 0.717) is 6.42 Å². The number of aliphatic hydroxyl groups is 1. The summed E-state index contributed by atoms with van der Waals surface area (Å²) in [5.41, 5.74) is 2.63. The van der Waals surface area contributed by atoms with Gasteiger partial charge in [0.15, 0.2) is 0 Å². The minimum absolute atomic E-state index is 0.00806. The maximum atomic E-state index is 12.0. The fourth-order valence-electron chi connectivity index (χ4n) is 2.33. The molecule has 3 nitrogen and oxygen atoms in total. The SMILES string of the molecule is Cc1ccc(CO)cc1NC(=O)CCCCCc1cccs1. The molecule has 0 aliphatic heterocycles. The molecule has 1 aromatic heterocycles. The first kappa shape index (κ1) is 16.7.